The molecule has 3 rings (SSSR count). The highest BCUT2D eigenvalue weighted by atomic mass is 19.1. The van der Waals surface area contributed by atoms with Crippen LogP contribution in [-0.2, 0) is 11.3 Å². The third kappa shape index (κ3) is 3.93. The minimum Gasteiger partial charge on any atom is -0.338 e. The molecule has 0 bridgehead atoms. The van der Waals surface area contributed by atoms with E-state index in [0.717, 1.165) is 5.56 Å². The van der Waals surface area contributed by atoms with Gasteiger partial charge in [-0.15, -0.1) is 0 Å². The van der Waals surface area contributed by atoms with Gasteiger partial charge in [0, 0.05) is 39.0 Å². The maximum absolute atomic E-state index is 13.2. The molecular weight excluding hydrogens is 347 g/mol. The summed E-state index contributed by atoms with van der Waals surface area (Å²) in [5.74, 6) is -0.0237. The van der Waals surface area contributed by atoms with Crippen LogP contribution in [0.2, 0.25) is 0 Å². The molecular formula is C20H29FN4O2. The Kier molecular flexibility index (Phi) is 5.69. The molecule has 2 aliphatic heterocycles. The molecule has 2 saturated heterocycles. The number of benzene rings is 1. The first kappa shape index (κ1) is 19.6. The number of amides is 3. The molecule has 1 unspecified atom stereocenters. The standard InChI is InChI=1S/C20H29FN4O2/c1-4-22-19(27)24-11-9-20(10-12-24)23-17(14(2)3)18(26)25(20)13-15-5-7-16(21)8-6-15/h5-8,14,17,23H,4,9-13H2,1-3H3,(H,22,27). The molecule has 148 valence electrons. The van der Waals surface area contributed by atoms with Crippen molar-refractivity contribution in [3.8, 4) is 0 Å². The Bertz CT molecular complexity index is 684. The summed E-state index contributed by atoms with van der Waals surface area (Å²) in [7, 11) is 0. The monoisotopic (exact) mass is 376 g/mol. The van der Waals surface area contributed by atoms with Crippen molar-refractivity contribution < 1.29 is 14.0 Å². The van der Waals surface area contributed by atoms with Crippen LogP contribution in [0.3, 0.4) is 0 Å². The first-order valence-electron chi connectivity index (χ1n) is 9.72. The van der Waals surface area contributed by atoms with E-state index in [0.29, 0.717) is 39.0 Å². The van der Waals surface area contributed by atoms with Gasteiger partial charge in [-0.25, -0.2) is 9.18 Å². The van der Waals surface area contributed by atoms with Gasteiger partial charge in [0.05, 0.1) is 11.7 Å². The smallest absolute Gasteiger partial charge is 0.317 e. The number of hydrogen-bond acceptors (Lipinski definition) is 3. The zero-order valence-corrected chi connectivity index (χ0v) is 16.3. The molecule has 0 radical (unpaired) electrons. The topological polar surface area (TPSA) is 64.7 Å². The van der Waals surface area contributed by atoms with E-state index in [1.54, 1.807) is 17.0 Å². The number of carbonyl (C=O) groups is 2. The van der Waals surface area contributed by atoms with Gasteiger partial charge in [-0.3, -0.25) is 10.1 Å². The van der Waals surface area contributed by atoms with Crippen LogP contribution in [0.1, 0.15) is 39.2 Å². The summed E-state index contributed by atoms with van der Waals surface area (Å²) >= 11 is 0. The number of nitrogens with zero attached hydrogens (tertiary/aromatic N) is 2. The number of rotatable bonds is 4. The van der Waals surface area contributed by atoms with Crippen LogP contribution in [0.25, 0.3) is 0 Å². The average molecular weight is 376 g/mol. The zero-order chi connectivity index (χ0) is 19.6. The molecule has 2 aliphatic rings. The Balaban J connectivity index is 1.79. The molecule has 1 aromatic carbocycles. The van der Waals surface area contributed by atoms with Crippen molar-refractivity contribution in [1.82, 2.24) is 20.4 Å². The number of piperidine rings is 1. The maximum atomic E-state index is 13.2. The fraction of sp³-hybridized carbons (Fsp3) is 0.600. The van der Waals surface area contributed by atoms with E-state index in [1.165, 1.54) is 12.1 Å². The van der Waals surface area contributed by atoms with Crippen LogP contribution in [0, 0.1) is 11.7 Å². The largest absolute Gasteiger partial charge is 0.338 e. The van der Waals surface area contributed by atoms with Crippen molar-refractivity contribution >= 4 is 11.9 Å². The van der Waals surface area contributed by atoms with Gasteiger partial charge >= 0.3 is 6.03 Å². The predicted molar refractivity (Wildman–Crippen MR) is 101 cm³/mol. The van der Waals surface area contributed by atoms with E-state index in [1.807, 2.05) is 25.7 Å². The van der Waals surface area contributed by atoms with E-state index >= 15 is 0 Å². The maximum Gasteiger partial charge on any atom is 0.317 e. The van der Waals surface area contributed by atoms with E-state index < -0.39 is 5.66 Å². The molecule has 2 heterocycles. The predicted octanol–water partition coefficient (Wildman–Crippen LogP) is 2.30. The third-order valence-corrected chi connectivity index (χ3v) is 5.60. The van der Waals surface area contributed by atoms with Gasteiger partial charge in [-0.05, 0) is 30.5 Å². The van der Waals surface area contributed by atoms with Crippen molar-refractivity contribution in [3.63, 3.8) is 0 Å². The molecule has 0 saturated carbocycles. The lowest BCUT2D eigenvalue weighted by atomic mass is 9.95. The molecule has 6 nitrogen and oxygen atoms in total. The van der Waals surface area contributed by atoms with Crippen LogP contribution in [0.15, 0.2) is 24.3 Å². The molecule has 1 atom stereocenters. The van der Waals surface area contributed by atoms with E-state index in [4.69, 9.17) is 0 Å². The summed E-state index contributed by atoms with van der Waals surface area (Å²) < 4.78 is 13.2. The minimum absolute atomic E-state index is 0.0535. The summed E-state index contributed by atoms with van der Waals surface area (Å²) in [6.45, 7) is 8.20. The second kappa shape index (κ2) is 7.84. The molecule has 1 spiro atoms. The molecule has 2 fully saturated rings. The lowest BCUT2D eigenvalue weighted by Crippen LogP contribution is -2.60. The Morgan fingerprint density at radius 2 is 1.93 bits per heavy atom. The number of nitrogens with one attached hydrogen (secondary N) is 2. The SMILES string of the molecule is CCNC(=O)N1CCC2(CC1)NC(C(C)C)C(=O)N2Cc1ccc(F)cc1. The van der Waals surface area contributed by atoms with Gasteiger partial charge in [0.25, 0.3) is 0 Å². The summed E-state index contributed by atoms with van der Waals surface area (Å²) in [5.41, 5.74) is 0.449. The van der Waals surface area contributed by atoms with Crippen LogP contribution in [0.5, 0.6) is 0 Å². The number of likely N-dealkylation sites (tertiary alicyclic amines) is 1. The van der Waals surface area contributed by atoms with Crippen molar-refractivity contribution in [2.75, 3.05) is 19.6 Å². The second-order valence-corrected chi connectivity index (χ2v) is 7.77. The van der Waals surface area contributed by atoms with Gasteiger partial charge in [0.1, 0.15) is 5.82 Å². The van der Waals surface area contributed by atoms with Crippen molar-refractivity contribution in [2.24, 2.45) is 5.92 Å². The van der Waals surface area contributed by atoms with Crippen LogP contribution >= 0.6 is 0 Å². The third-order valence-electron chi connectivity index (χ3n) is 5.60. The van der Waals surface area contributed by atoms with Crippen LogP contribution < -0.4 is 10.6 Å². The summed E-state index contributed by atoms with van der Waals surface area (Å²) in [6.07, 6.45) is 1.36. The van der Waals surface area contributed by atoms with Crippen LogP contribution in [-0.4, -0.2) is 53.1 Å². The van der Waals surface area contributed by atoms with Gasteiger partial charge in [0.15, 0.2) is 0 Å². The average Bonchev–Trinajstić information content (AvgIpc) is 2.90. The van der Waals surface area contributed by atoms with E-state index in [9.17, 15) is 14.0 Å². The Hall–Kier alpha value is -2.15. The van der Waals surface area contributed by atoms with Crippen molar-refractivity contribution in [2.45, 2.75) is 51.9 Å². The highest BCUT2D eigenvalue weighted by molar-refractivity contribution is 5.85. The number of urea groups is 1. The zero-order valence-electron chi connectivity index (χ0n) is 16.3. The van der Waals surface area contributed by atoms with Crippen LogP contribution in [0.4, 0.5) is 9.18 Å². The van der Waals surface area contributed by atoms with Crippen molar-refractivity contribution in [1.29, 1.82) is 0 Å². The number of hydrogen-bond donors (Lipinski definition) is 2. The van der Waals surface area contributed by atoms with Gasteiger partial charge in [-0.2, -0.15) is 0 Å². The number of halogens is 1. The molecule has 27 heavy (non-hydrogen) atoms. The Labute approximate surface area is 160 Å². The highest BCUT2D eigenvalue weighted by Crippen LogP contribution is 2.35. The summed E-state index contributed by atoms with van der Waals surface area (Å²) in [6, 6.07) is 6.01. The fourth-order valence-electron chi connectivity index (χ4n) is 4.02. The lowest BCUT2D eigenvalue weighted by Gasteiger charge is -2.44. The second-order valence-electron chi connectivity index (χ2n) is 7.77. The van der Waals surface area contributed by atoms with Crippen molar-refractivity contribution in [3.05, 3.63) is 35.6 Å². The Morgan fingerprint density at radius 1 is 1.30 bits per heavy atom. The quantitative estimate of drug-likeness (QED) is 0.848. The fourth-order valence-corrected chi connectivity index (χ4v) is 4.02. The molecule has 0 aromatic heterocycles. The van der Waals surface area contributed by atoms with Gasteiger partial charge < -0.3 is 15.1 Å². The molecule has 2 N–H and O–H groups in total. The first-order valence-corrected chi connectivity index (χ1v) is 9.72. The highest BCUT2D eigenvalue weighted by Gasteiger charge is 2.52. The minimum atomic E-state index is -0.455. The Morgan fingerprint density at radius 3 is 2.48 bits per heavy atom. The summed E-state index contributed by atoms with van der Waals surface area (Å²) in [5, 5.41) is 6.41. The van der Waals surface area contributed by atoms with E-state index in [2.05, 4.69) is 10.6 Å². The first-order chi connectivity index (χ1) is 12.9. The normalized spacial score (nSPS) is 22.0. The lowest BCUT2D eigenvalue weighted by molar-refractivity contribution is -0.134. The number of carbonyl (C=O) groups excluding carboxylic acids is 2. The van der Waals surface area contributed by atoms with E-state index in [-0.39, 0.29) is 29.7 Å². The molecule has 7 heteroatoms. The molecule has 3 amide bonds. The summed E-state index contributed by atoms with van der Waals surface area (Å²) in [4.78, 5) is 28.9. The van der Waals surface area contributed by atoms with Gasteiger partial charge in [0.2, 0.25) is 5.91 Å². The van der Waals surface area contributed by atoms with Gasteiger partial charge in [-0.1, -0.05) is 26.0 Å². The molecule has 0 aliphatic carbocycles. The molecule has 1 aromatic rings.